The maximum atomic E-state index is 12.7. The molecule has 0 unspecified atom stereocenters. The third kappa shape index (κ3) is 2.36. The molecule has 1 aliphatic rings. The quantitative estimate of drug-likeness (QED) is 0.696. The molecule has 2 nitrogen and oxygen atoms in total. The molecule has 0 aromatic heterocycles. The number of hydrogen-bond donors (Lipinski definition) is 0. The second kappa shape index (κ2) is 5.16. The summed E-state index contributed by atoms with van der Waals surface area (Å²) >= 11 is 0. The Hall–Kier alpha value is -2.30. The summed E-state index contributed by atoms with van der Waals surface area (Å²) in [5.74, 6) is -1.83. The molecule has 2 aromatic carbocycles. The molecular formula is C17H14F3NO. The van der Waals surface area contributed by atoms with Crippen molar-refractivity contribution in [3.63, 3.8) is 0 Å². The van der Waals surface area contributed by atoms with E-state index in [9.17, 15) is 18.0 Å². The first kappa shape index (κ1) is 14.6. The Morgan fingerprint density at radius 2 is 1.77 bits per heavy atom. The van der Waals surface area contributed by atoms with E-state index in [1.165, 1.54) is 6.92 Å². The Bertz CT molecular complexity index is 737. The van der Waals surface area contributed by atoms with E-state index in [0.717, 1.165) is 27.2 Å². The minimum atomic E-state index is -4.86. The number of benzene rings is 2. The van der Waals surface area contributed by atoms with Crippen LogP contribution in [0.3, 0.4) is 0 Å². The molecule has 0 fully saturated rings. The maximum absolute atomic E-state index is 12.7. The molecule has 0 radical (unpaired) electrons. The van der Waals surface area contributed by atoms with Crippen LogP contribution < -0.4 is 4.90 Å². The fourth-order valence-corrected chi connectivity index (χ4v) is 2.90. The molecule has 0 N–H and O–H groups in total. The maximum Gasteiger partial charge on any atom is 0.471 e. The minimum absolute atomic E-state index is 0.0237. The van der Waals surface area contributed by atoms with Gasteiger partial charge in [-0.25, -0.2) is 0 Å². The lowest BCUT2D eigenvalue weighted by Crippen LogP contribution is -2.41. The molecule has 1 amide bonds. The van der Waals surface area contributed by atoms with Crippen molar-refractivity contribution in [3.05, 3.63) is 53.6 Å². The Labute approximate surface area is 126 Å². The predicted molar refractivity (Wildman–Crippen MR) is 78.8 cm³/mol. The summed E-state index contributed by atoms with van der Waals surface area (Å²) < 4.78 is 38.0. The van der Waals surface area contributed by atoms with Crippen molar-refractivity contribution in [2.75, 3.05) is 11.4 Å². The van der Waals surface area contributed by atoms with Crippen molar-refractivity contribution in [2.45, 2.75) is 19.5 Å². The van der Waals surface area contributed by atoms with Gasteiger partial charge >= 0.3 is 12.1 Å². The Morgan fingerprint density at radius 3 is 2.45 bits per heavy atom. The number of rotatable bonds is 2. The van der Waals surface area contributed by atoms with Gasteiger partial charge in [0, 0.05) is 12.2 Å². The van der Waals surface area contributed by atoms with Gasteiger partial charge in [0.2, 0.25) is 0 Å². The molecule has 0 heterocycles. The summed E-state index contributed by atoms with van der Waals surface area (Å²) in [6, 6.07) is 12.9. The first-order chi connectivity index (χ1) is 10.4. The molecule has 1 aliphatic carbocycles. The number of amides is 1. The Kier molecular flexibility index (Phi) is 3.43. The van der Waals surface area contributed by atoms with Crippen LogP contribution in [0.15, 0.2) is 42.5 Å². The molecule has 0 spiro atoms. The lowest BCUT2D eigenvalue weighted by atomic mass is 10.1. The summed E-state index contributed by atoms with van der Waals surface area (Å²) in [7, 11) is 0. The van der Waals surface area contributed by atoms with Crippen molar-refractivity contribution < 1.29 is 18.0 Å². The number of anilines is 1. The van der Waals surface area contributed by atoms with Crippen LogP contribution in [0.1, 0.15) is 18.1 Å². The highest BCUT2D eigenvalue weighted by atomic mass is 19.4. The van der Waals surface area contributed by atoms with E-state index in [2.05, 4.69) is 0 Å². The van der Waals surface area contributed by atoms with E-state index < -0.39 is 12.1 Å². The molecule has 3 rings (SSSR count). The van der Waals surface area contributed by atoms with Crippen LogP contribution in [0.2, 0.25) is 0 Å². The fourth-order valence-electron chi connectivity index (χ4n) is 2.90. The Morgan fingerprint density at radius 1 is 1.09 bits per heavy atom. The average molecular weight is 305 g/mol. The molecule has 0 saturated carbocycles. The summed E-state index contributed by atoms with van der Waals surface area (Å²) in [6.45, 7) is 1.51. The van der Waals surface area contributed by atoms with Crippen LogP contribution in [-0.2, 0) is 11.2 Å². The zero-order chi connectivity index (χ0) is 15.9. The van der Waals surface area contributed by atoms with Gasteiger partial charge in [0.05, 0.1) is 0 Å². The largest absolute Gasteiger partial charge is 0.471 e. The fraction of sp³-hybridized carbons (Fsp3) is 0.235. The lowest BCUT2D eigenvalue weighted by molar-refractivity contribution is -0.170. The molecule has 0 saturated heterocycles. The number of alkyl halides is 3. The molecule has 114 valence electrons. The normalized spacial score (nSPS) is 12.7. The van der Waals surface area contributed by atoms with Crippen molar-refractivity contribution in [1.29, 1.82) is 0 Å². The van der Waals surface area contributed by atoms with Gasteiger partial charge < -0.3 is 4.90 Å². The topological polar surface area (TPSA) is 20.3 Å². The van der Waals surface area contributed by atoms with Gasteiger partial charge in [0.1, 0.15) is 0 Å². The van der Waals surface area contributed by atoms with Crippen LogP contribution in [0.25, 0.3) is 11.1 Å². The van der Waals surface area contributed by atoms with Crippen molar-refractivity contribution >= 4 is 11.6 Å². The number of nitrogens with zero attached hydrogens (tertiary/aromatic N) is 1. The third-order valence-corrected chi connectivity index (χ3v) is 3.89. The van der Waals surface area contributed by atoms with E-state index in [1.807, 2.05) is 24.3 Å². The number of hydrogen-bond acceptors (Lipinski definition) is 1. The second-order valence-corrected chi connectivity index (χ2v) is 5.22. The van der Waals surface area contributed by atoms with Crippen molar-refractivity contribution in [1.82, 2.24) is 0 Å². The standard InChI is InChI=1S/C17H14F3NO/c1-2-21(16(22)17(18,19)20)13-7-8-15-12(10-13)9-11-5-3-4-6-14(11)15/h3-8,10H,2,9H2,1H3. The highest BCUT2D eigenvalue weighted by Crippen LogP contribution is 2.38. The lowest BCUT2D eigenvalue weighted by Gasteiger charge is -2.22. The molecule has 0 atom stereocenters. The van der Waals surface area contributed by atoms with Crippen molar-refractivity contribution in [3.8, 4) is 11.1 Å². The van der Waals surface area contributed by atoms with Gasteiger partial charge in [0.25, 0.3) is 0 Å². The summed E-state index contributed by atoms with van der Waals surface area (Å²) in [5, 5.41) is 0. The van der Waals surface area contributed by atoms with Gasteiger partial charge in [0.15, 0.2) is 0 Å². The number of carbonyl (C=O) groups excluding carboxylic acids is 1. The Balaban J connectivity index is 1.98. The second-order valence-electron chi connectivity index (χ2n) is 5.22. The summed E-state index contributed by atoms with van der Waals surface area (Å²) in [5.41, 5.74) is 4.52. The first-order valence-electron chi connectivity index (χ1n) is 7.01. The predicted octanol–water partition coefficient (Wildman–Crippen LogP) is 4.17. The SMILES string of the molecule is CCN(C(=O)C(F)(F)F)c1ccc2c(c1)Cc1ccccc1-2. The van der Waals surface area contributed by atoms with Gasteiger partial charge in [-0.1, -0.05) is 30.3 Å². The number of carbonyl (C=O) groups is 1. The molecule has 5 heteroatoms. The number of halogens is 3. The molecule has 2 aromatic rings. The van der Waals surface area contributed by atoms with E-state index in [1.54, 1.807) is 18.2 Å². The third-order valence-electron chi connectivity index (χ3n) is 3.89. The van der Waals surface area contributed by atoms with Crippen LogP contribution in [-0.4, -0.2) is 18.6 Å². The van der Waals surface area contributed by atoms with E-state index in [4.69, 9.17) is 0 Å². The highest BCUT2D eigenvalue weighted by Gasteiger charge is 2.42. The minimum Gasteiger partial charge on any atom is -0.305 e. The summed E-state index contributed by atoms with van der Waals surface area (Å²) in [4.78, 5) is 12.3. The average Bonchev–Trinajstić information content (AvgIpc) is 2.84. The monoisotopic (exact) mass is 305 g/mol. The van der Waals surface area contributed by atoms with Gasteiger partial charge in [-0.05, 0) is 47.7 Å². The summed E-state index contributed by atoms with van der Waals surface area (Å²) in [6.07, 6.45) is -4.19. The van der Waals surface area contributed by atoms with Gasteiger partial charge in [-0.3, -0.25) is 4.79 Å². The zero-order valence-electron chi connectivity index (χ0n) is 11.9. The first-order valence-corrected chi connectivity index (χ1v) is 7.01. The smallest absolute Gasteiger partial charge is 0.305 e. The number of fused-ring (bicyclic) bond motifs is 3. The van der Waals surface area contributed by atoms with Crippen LogP contribution in [0.4, 0.5) is 18.9 Å². The molecule has 0 aliphatic heterocycles. The molecule has 0 bridgehead atoms. The van der Waals surface area contributed by atoms with Crippen LogP contribution in [0.5, 0.6) is 0 Å². The van der Waals surface area contributed by atoms with E-state index in [0.29, 0.717) is 6.42 Å². The van der Waals surface area contributed by atoms with Crippen LogP contribution >= 0.6 is 0 Å². The van der Waals surface area contributed by atoms with Gasteiger partial charge in [-0.15, -0.1) is 0 Å². The van der Waals surface area contributed by atoms with Gasteiger partial charge in [-0.2, -0.15) is 13.2 Å². The van der Waals surface area contributed by atoms with Crippen molar-refractivity contribution in [2.24, 2.45) is 0 Å². The highest BCUT2D eigenvalue weighted by molar-refractivity contribution is 5.97. The van der Waals surface area contributed by atoms with E-state index in [-0.39, 0.29) is 12.2 Å². The molecule has 22 heavy (non-hydrogen) atoms. The zero-order valence-corrected chi connectivity index (χ0v) is 11.9. The van der Waals surface area contributed by atoms with E-state index >= 15 is 0 Å². The molecular weight excluding hydrogens is 291 g/mol. The van der Waals surface area contributed by atoms with Crippen LogP contribution in [0, 0.1) is 0 Å².